The number of primary sulfonamides is 2. The van der Waals surface area contributed by atoms with E-state index in [1.165, 1.54) is 24.3 Å². The van der Waals surface area contributed by atoms with Crippen molar-refractivity contribution < 1.29 is 42.6 Å². The second kappa shape index (κ2) is 18.3. The van der Waals surface area contributed by atoms with Crippen LogP contribution in [0.4, 0.5) is 11.9 Å². The van der Waals surface area contributed by atoms with Gasteiger partial charge in [-0.15, -0.1) is 10.2 Å². The molecule has 0 radical (unpaired) electrons. The fraction of sp³-hybridized carbons (Fsp3) is 0.317. The number of nitrogens with one attached hydrogen (secondary N) is 3. The lowest BCUT2D eigenvalue weighted by Crippen LogP contribution is -2.42. The Morgan fingerprint density at radius 3 is 1.78 bits per heavy atom. The molecule has 8 aromatic rings. The number of tetrazole rings is 2. The highest BCUT2D eigenvalue weighted by Crippen LogP contribution is 2.43. The van der Waals surface area contributed by atoms with Crippen LogP contribution in [-0.4, -0.2) is 160 Å². The van der Waals surface area contributed by atoms with E-state index < -0.39 is 59.7 Å². The number of anilines is 2. The Morgan fingerprint density at radius 1 is 0.699 bits per heavy atom. The van der Waals surface area contributed by atoms with Gasteiger partial charge in [0.15, 0.2) is 0 Å². The molecule has 2 aliphatic heterocycles. The molecule has 4 aromatic heterocycles. The zero-order valence-corrected chi connectivity index (χ0v) is 43.0. The van der Waals surface area contributed by atoms with E-state index in [0.717, 1.165) is 13.1 Å². The van der Waals surface area contributed by atoms with Crippen LogP contribution in [0.25, 0.3) is 67.1 Å². The summed E-state index contributed by atoms with van der Waals surface area (Å²) >= 11 is 0. The largest absolute Gasteiger partial charge is 0.453 e. The van der Waals surface area contributed by atoms with Crippen LogP contribution in [0, 0.1) is 0 Å². The van der Waals surface area contributed by atoms with E-state index in [-0.39, 0.29) is 57.9 Å². The first kappa shape index (κ1) is 51.0. The standard InChI is InChI=1S/C21H26N10O4S2.C20H24N10O4S2/c1-30-15-6-4-5-14(18(15)24-21(30)22)13-7-8-16(37(34,35)27-12-9-10-31(2,3)11-12)19(36(23,32)33)17(13)20-25-28-29-26-20;1-30(2)9-8-11(10-30)27-36(33,34)15-7-6-12(13-4-3-5-14-17(13)24-20(21)23-14)16(18(15)35(22,31)32)19-25-28-29-26-19/h4-8,12,27H,9-11H2,1-3H3,(H4-,22,23,24,25,26,28,29,32,33);3-7,11,27H,8-10H2,1-2H3,(H5-,21,22,23,24,25,26,28,29,31,32)/t12-;11-/m00/s1. The number of likely N-dealkylation sites (tertiary alicyclic amines) is 2. The maximum Gasteiger partial charge on any atom is 0.242 e. The highest BCUT2D eigenvalue weighted by atomic mass is 32.2. The molecule has 11 N–H and O–H groups in total. The number of nitrogens with zero attached hydrogens (tertiary/aromatic N) is 13. The number of sulfonamides is 4. The Hall–Kier alpha value is -6.88. The maximum atomic E-state index is 13.6. The molecule has 10 rings (SSSR count). The van der Waals surface area contributed by atoms with E-state index in [1.807, 2.05) is 28.2 Å². The third-order valence-corrected chi connectivity index (χ3v) is 18.1. The van der Waals surface area contributed by atoms with E-state index in [0.29, 0.717) is 68.1 Å². The predicted molar refractivity (Wildman–Crippen MR) is 265 cm³/mol. The maximum absolute atomic E-state index is 13.6. The zero-order valence-electron chi connectivity index (χ0n) is 39.7. The number of nitrogen functional groups attached to an aromatic ring is 2. The number of aromatic nitrogens is 12. The molecule has 73 heavy (non-hydrogen) atoms. The molecule has 0 aliphatic carbocycles. The Morgan fingerprint density at radius 2 is 1.26 bits per heavy atom. The van der Waals surface area contributed by atoms with Crippen molar-refractivity contribution in [1.29, 1.82) is 0 Å². The molecule has 28 nitrogen and oxygen atoms in total. The SMILES string of the molecule is C[N+]1(C)CC[C@H](NS(=O)(=O)c2ccc(-c3cccc4nc(N)[n-]c34)c(-c3nn[nH]n3)c2S(N)(=O)=O)C1.Cn1c(N)nc2c(-c3ccc(S(=O)(=O)N[C@H]4CC[N+](C)(C)C4)c(S(N)(=O)=O)c3-c3nnn[n-]3)cccc21. The molecule has 2 saturated heterocycles. The van der Waals surface area contributed by atoms with Gasteiger partial charge in [0.25, 0.3) is 0 Å². The number of aromatic amines is 1. The number of hydrogen-bond donors (Lipinski definition) is 7. The number of hydrogen-bond acceptors (Lipinski definition) is 18. The minimum atomic E-state index is -4.63. The van der Waals surface area contributed by atoms with Crippen LogP contribution in [0.2, 0.25) is 0 Å². The lowest BCUT2D eigenvalue weighted by Gasteiger charge is -2.23. The smallest absolute Gasteiger partial charge is 0.242 e. The van der Waals surface area contributed by atoms with Crippen molar-refractivity contribution in [3.8, 4) is 45.0 Å². The molecule has 0 saturated carbocycles. The van der Waals surface area contributed by atoms with Crippen LogP contribution in [0.1, 0.15) is 12.8 Å². The van der Waals surface area contributed by atoms with Crippen LogP contribution < -0.4 is 41.3 Å². The lowest BCUT2D eigenvalue weighted by molar-refractivity contribution is -0.878. The van der Waals surface area contributed by atoms with Gasteiger partial charge in [-0.1, -0.05) is 42.5 Å². The van der Waals surface area contributed by atoms with Crippen molar-refractivity contribution in [3.05, 3.63) is 60.7 Å². The Labute approximate surface area is 418 Å². The molecular weight excluding hydrogens is 1030 g/mol. The van der Waals surface area contributed by atoms with Crippen molar-refractivity contribution in [2.75, 3.05) is 65.8 Å². The second-order valence-corrected chi connectivity index (χ2v) is 25.4. The monoisotopic (exact) mass is 1080 g/mol. The fourth-order valence-electron chi connectivity index (χ4n) is 9.52. The number of para-hydroxylation sites is 2. The minimum Gasteiger partial charge on any atom is -0.453 e. The van der Waals surface area contributed by atoms with Crippen molar-refractivity contribution in [1.82, 2.24) is 70.2 Å². The van der Waals surface area contributed by atoms with E-state index in [4.69, 9.17) is 21.7 Å². The molecular formula is C41H50N20O8S4. The van der Waals surface area contributed by atoms with E-state index in [2.05, 4.69) is 65.6 Å². The predicted octanol–water partition coefficient (Wildman–Crippen LogP) is -1.20. The lowest BCUT2D eigenvalue weighted by atomic mass is 9.98. The van der Waals surface area contributed by atoms with Crippen molar-refractivity contribution in [3.63, 3.8) is 0 Å². The Balaban J connectivity index is 0.000000180. The number of H-pyrrole nitrogens is 1. The van der Waals surface area contributed by atoms with Gasteiger partial charge in [0.05, 0.1) is 83.1 Å². The molecule has 0 bridgehead atoms. The van der Waals surface area contributed by atoms with Gasteiger partial charge in [-0.2, -0.15) is 10.4 Å². The first-order chi connectivity index (χ1) is 34.1. The van der Waals surface area contributed by atoms with Gasteiger partial charge in [0.1, 0.15) is 19.6 Å². The average molecular weight is 1080 g/mol. The molecule has 0 amide bonds. The number of nitrogens with two attached hydrogens (primary N) is 4. The zero-order chi connectivity index (χ0) is 52.6. The molecule has 0 unspecified atom stereocenters. The third-order valence-electron chi connectivity index (χ3n) is 12.7. The number of benzene rings is 4. The topological polar surface area (TPSA) is 417 Å². The van der Waals surface area contributed by atoms with Crippen LogP contribution >= 0.6 is 0 Å². The first-order valence-electron chi connectivity index (χ1n) is 22.1. The van der Waals surface area contributed by atoms with E-state index in [9.17, 15) is 33.7 Å². The summed E-state index contributed by atoms with van der Waals surface area (Å²) in [6, 6.07) is 14.9. The molecule has 386 valence electrons. The summed E-state index contributed by atoms with van der Waals surface area (Å²) in [5.41, 5.74) is 15.0. The summed E-state index contributed by atoms with van der Waals surface area (Å²) < 4.78 is 114. The summed E-state index contributed by atoms with van der Waals surface area (Å²) in [6.07, 6.45) is 1.20. The van der Waals surface area contributed by atoms with Crippen molar-refractivity contribution >= 4 is 74.1 Å². The van der Waals surface area contributed by atoms with E-state index >= 15 is 0 Å². The van der Waals surface area contributed by atoms with Gasteiger partial charge in [-0.05, 0) is 40.1 Å². The van der Waals surface area contributed by atoms with Gasteiger partial charge in [-0.25, -0.2) is 58.4 Å². The number of aryl methyl sites for hydroxylation is 1. The number of likely N-dealkylation sites (N-methyl/N-ethyl adjacent to an activating group) is 2. The number of quaternary nitrogens is 2. The highest BCUT2D eigenvalue weighted by molar-refractivity contribution is 7.93. The molecule has 6 heterocycles. The molecule has 0 spiro atoms. The Kier molecular flexibility index (Phi) is 12.8. The highest BCUT2D eigenvalue weighted by Gasteiger charge is 2.39. The second-order valence-electron chi connectivity index (χ2n) is 19.0. The van der Waals surface area contributed by atoms with Crippen LogP contribution in [-0.2, 0) is 47.1 Å². The molecule has 4 aromatic carbocycles. The number of rotatable bonds is 12. The van der Waals surface area contributed by atoms with E-state index in [1.54, 1.807) is 48.0 Å². The molecule has 2 aliphatic rings. The quantitative estimate of drug-likeness (QED) is 0.0707. The summed E-state index contributed by atoms with van der Waals surface area (Å²) in [7, 11) is -8.16. The summed E-state index contributed by atoms with van der Waals surface area (Å²) in [5.74, 6) is -0.0822. The normalized spacial score (nSPS) is 18.1. The fourth-order valence-corrected chi connectivity index (χ4v) is 15.2. The van der Waals surface area contributed by atoms with Gasteiger partial charge in [0, 0.05) is 53.8 Å². The van der Waals surface area contributed by atoms with Gasteiger partial charge >= 0.3 is 0 Å². The van der Waals surface area contributed by atoms with Gasteiger partial charge in [-0.3, -0.25) is 10.3 Å². The Bertz CT molecular complexity index is 3920. The van der Waals surface area contributed by atoms with Crippen LogP contribution in [0.3, 0.4) is 0 Å². The van der Waals surface area contributed by atoms with Gasteiger partial charge in [0.2, 0.25) is 51.9 Å². The average Bonchev–Trinajstić information content (AvgIpc) is 4.18. The summed E-state index contributed by atoms with van der Waals surface area (Å²) in [5, 5.41) is 39.5. The molecule has 2 atom stereocenters. The molecule has 32 heteroatoms. The van der Waals surface area contributed by atoms with Gasteiger partial charge < -0.3 is 40.1 Å². The summed E-state index contributed by atoms with van der Waals surface area (Å²) in [6.45, 7) is 2.65. The van der Waals surface area contributed by atoms with Crippen LogP contribution in [0.15, 0.2) is 80.2 Å². The third kappa shape index (κ3) is 9.99. The van der Waals surface area contributed by atoms with Crippen LogP contribution in [0.5, 0.6) is 0 Å². The first-order valence-corrected chi connectivity index (χ1v) is 28.1. The minimum absolute atomic E-state index is 0.0338. The molecule has 2 fully saturated rings. The number of fused-ring (bicyclic) bond motifs is 2. The summed E-state index contributed by atoms with van der Waals surface area (Å²) in [4.78, 5) is 10.5. The number of imidazole rings is 2. The van der Waals surface area contributed by atoms with Crippen molar-refractivity contribution in [2.24, 2.45) is 17.3 Å². The van der Waals surface area contributed by atoms with Crippen molar-refractivity contribution in [2.45, 2.75) is 44.5 Å².